The average molecular weight is 379 g/mol. The summed E-state index contributed by atoms with van der Waals surface area (Å²) in [6, 6.07) is 11.6. The highest BCUT2D eigenvalue weighted by Gasteiger charge is 2.08. The molecule has 0 aliphatic rings. The molecule has 6 heteroatoms. The summed E-state index contributed by atoms with van der Waals surface area (Å²) in [7, 11) is 0. The second-order valence-corrected chi connectivity index (χ2v) is 5.97. The molecule has 2 rings (SSSR count). The summed E-state index contributed by atoms with van der Waals surface area (Å²) in [4.78, 5) is 23.6. The van der Waals surface area contributed by atoms with E-state index in [4.69, 9.17) is 0 Å². The van der Waals surface area contributed by atoms with Crippen LogP contribution in [0, 0.1) is 12.7 Å². The molecular weight excluding hydrogens is 363 g/mol. The molecular formula is C17H16BrFN2O2. The van der Waals surface area contributed by atoms with Gasteiger partial charge in [-0.1, -0.05) is 28.1 Å². The first kappa shape index (κ1) is 17.1. The SMILES string of the molecule is Cc1ccc(CNC(=O)CNC(=O)c2ccc(Br)cc2)cc1F. The quantitative estimate of drug-likeness (QED) is 0.840. The van der Waals surface area contributed by atoms with E-state index in [2.05, 4.69) is 26.6 Å². The highest BCUT2D eigenvalue weighted by atomic mass is 79.9. The lowest BCUT2D eigenvalue weighted by atomic mass is 10.1. The molecule has 0 aromatic heterocycles. The molecule has 0 aliphatic carbocycles. The molecule has 4 nitrogen and oxygen atoms in total. The first-order chi connectivity index (χ1) is 11.0. The van der Waals surface area contributed by atoms with Gasteiger partial charge in [-0.25, -0.2) is 4.39 Å². The molecule has 0 aliphatic heterocycles. The number of aryl methyl sites for hydroxylation is 1. The van der Waals surface area contributed by atoms with Crippen LogP contribution in [0.2, 0.25) is 0 Å². The van der Waals surface area contributed by atoms with Crippen LogP contribution in [0.15, 0.2) is 46.9 Å². The maximum absolute atomic E-state index is 13.4. The molecule has 0 fully saturated rings. The van der Waals surface area contributed by atoms with Gasteiger partial charge in [0.05, 0.1) is 6.54 Å². The summed E-state index contributed by atoms with van der Waals surface area (Å²) in [5.41, 5.74) is 1.70. The Kier molecular flexibility index (Phi) is 5.87. The summed E-state index contributed by atoms with van der Waals surface area (Å²) in [6.07, 6.45) is 0. The van der Waals surface area contributed by atoms with Crippen LogP contribution in [0.25, 0.3) is 0 Å². The monoisotopic (exact) mass is 378 g/mol. The highest BCUT2D eigenvalue weighted by Crippen LogP contribution is 2.10. The van der Waals surface area contributed by atoms with E-state index in [-0.39, 0.29) is 30.7 Å². The van der Waals surface area contributed by atoms with Crippen LogP contribution < -0.4 is 10.6 Å². The van der Waals surface area contributed by atoms with Gasteiger partial charge >= 0.3 is 0 Å². The van der Waals surface area contributed by atoms with E-state index >= 15 is 0 Å². The zero-order chi connectivity index (χ0) is 16.8. The number of hydrogen-bond acceptors (Lipinski definition) is 2. The highest BCUT2D eigenvalue weighted by molar-refractivity contribution is 9.10. The Morgan fingerprint density at radius 2 is 1.78 bits per heavy atom. The van der Waals surface area contributed by atoms with E-state index in [1.165, 1.54) is 6.07 Å². The molecule has 2 N–H and O–H groups in total. The number of carbonyl (C=O) groups is 2. The molecule has 23 heavy (non-hydrogen) atoms. The number of benzene rings is 2. The van der Waals surface area contributed by atoms with Crippen LogP contribution in [0.3, 0.4) is 0 Å². The Balaban J connectivity index is 1.79. The lowest BCUT2D eigenvalue weighted by molar-refractivity contribution is -0.120. The Morgan fingerprint density at radius 3 is 2.43 bits per heavy atom. The van der Waals surface area contributed by atoms with E-state index in [0.717, 1.165) is 4.47 Å². The van der Waals surface area contributed by atoms with Crippen molar-refractivity contribution in [1.29, 1.82) is 0 Å². The molecule has 0 bridgehead atoms. The third-order valence-corrected chi connectivity index (χ3v) is 3.77. The van der Waals surface area contributed by atoms with E-state index in [9.17, 15) is 14.0 Å². The molecule has 2 aromatic rings. The third kappa shape index (κ3) is 5.17. The number of halogens is 2. The smallest absolute Gasteiger partial charge is 0.251 e. The number of carbonyl (C=O) groups excluding carboxylic acids is 2. The Labute approximate surface area is 142 Å². The first-order valence-electron chi connectivity index (χ1n) is 7.01. The Morgan fingerprint density at radius 1 is 1.09 bits per heavy atom. The lowest BCUT2D eigenvalue weighted by Gasteiger charge is -2.08. The summed E-state index contributed by atoms with van der Waals surface area (Å²) in [5.74, 6) is -0.967. The fourth-order valence-electron chi connectivity index (χ4n) is 1.87. The van der Waals surface area contributed by atoms with Gasteiger partial charge in [0.15, 0.2) is 0 Å². The predicted octanol–water partition coefficient (Wildman–Crippen LogP) is 2.94. The van der Waals surface area contributed by atoms with Gasteiger partial charge in [0.1, 0.15) is 5.82 Å². The zero-order valence-corrected chi connectivity index (χ0v) is 14.1. The zero-order valence-electron chi connectivity index (χ0n) is 12.5. The van der Waals surface area contributed by atoms with E-state index < -0.39 is 0 Å². The van der Waals surface area contributed by atoms with Crippen LogP contribution >= 0.6 is 15.9 Å². The number of amides is 2. The fraction of sp³-hybridized carbons (Fsp3) is 0.176. The maximum Gasteiger partial charge on any atom is 0.251 e. The summed E-state index contributed by atoms with van der Waals surface area (Å²) >= 11 is 3.29. The molecule has 0 saturated carbocycles. The molecule has 0 atom stereocenters. The minimum Gasteiger partial charge on any atom is -0.350 e. The van der Waals surface area contributed by atoms with Crippen LogP contribution in [-0.4, -0.2) is 18.4 Å². The summed E-state index contributed by atoms with van der Waals surface area (Å²) in [5, 5.41) is 5.17. The van der Waals surface area contributed by atoms with Crippen LogP contribution in [0.5, 0.6) is 0 Å². The number of rotatable bonds is 5. The number of hydrogen-bond donors (Lipinski definition) is 2. The van der Waals surface area contributed by atoms with Gasteiger partial charge in [-0.2, -0.15) is 0 Å². The third-order valence-electron chi connectivity index (χ3n) is 3.24. The van der Waals surface area contributed by atoms with Gasteiger partial charge in [-0.05, 0) is 48.4 Å². The molecule has 120 valence electrons. The van der Waals surface area contributed by atoms with E-state index in [0.29, 0.717) is 16.7 Å². The van der Waals surface area contributed by atoms with Crippen LogP contribution in [0.4, 0.5) is 4.39 Å². The minimum atomic E-state index is -0.337. The summed E-state index contributed by atoms with van der Waals surface area (Å²) < 4.78 is 14.3. The second-order valence-electron chi connectivity index (χ2n) is 5.05. The molecule has 2 amide bonds. The van der Waals surface area contributed by atoms with Crippen LogP contribution in [0.1, 0.15) is 21.5 Å². The van der Waals surface area contributed by atoms with Crippen molar-refractivity contribution in [2.45, 2.75) is 13.5 Å². The van der Waals surface area contributed by atoms with Gasteiger partial charge in [-0.15, -0.1) is 0 Å². The predicted molar refractivity (Wildman–Crippen MR) is 89.5 cm³/mol. The van der Waals surface area contributed by atoms with Gasteiger partial charge in [0.2, 0.25) is 5.91 Å². The van der Waals surface area contributed by atoms with Crippen molar-refractivity contribution in [1.82, 2.24) is 10.6 Å². The van der Waals surface area contributed by atoms with Crippen molar-refractivity contribution in [3.05, 3.63) is 69.4 Å². The molecule has 0 saturated heterocycles. The second kappa shape index (κ2) is 7.87. The maximum atomic E-state index is 13.4. The van der Waals surface area contributed by atoms with E-state index in [1.54, 1.807) is 43.3 Å². The topological polar surface area (TPSA) is 58.2 Å². The molecule has 0 radical (unpaired) electrons. The fourth-order valence-corrected chi connectivity index (χ4v) is 2.14. The van der Waals surface area contributed by atoms with Crippen molar-refractivity contribution in [2.24, 2.45) is 0 Å². The van der Waals surface area contributed by atoms with Gasteiger partial charge < -0.3 is 10.6 Å². The van der Waals surface area contributed by atoms with Crippen LogP contribution in [-0.2, 0) is 11.3 Å². The average Bonchev–Trinajstić information content (AvgIpc) is 2.54. The van der Waals surface area contributed by atoms with Crippen molar-refractivity contribution >= 4 is 27.7 Å². The van der Waals surface area contributed by atoms with Crippen molar-refractivity contribution in [3.63, 3.8) is 0 Å². The lowest BCUT2D eigenvalue weighted by Crippen LogP contribution is -2.36. The molecule has 0 heterocycles. The standard InChI is InChI=1S/C17H16BrFN2O2/c1-11-2-3-12(8-15(11)19)9-20-16(22)10-21-17(23)13-4-6-14(18)7-5-13/h2-8H,9-10H2,1H3,(H,20,22)(H,21,23). The Hall–Kier alpha value is -2.21. The summed E-state index contributed by atoms with van der Waals surface area (Å²) in [6.45, 7) is 1.75. The first-order valence-corrected chi connectivity index (χ1v) is 7.80. The van der Waals surface area contributed by atoms with Gasteiger partial charge in [0.25, 0.3) is 5.91 Å². The number of nitrogens with one attached hydrogen (secondary N) is 2. The normalized spacial score (nSPS) is 10.2. The van der Waals surface area contributed by atoms with Crippen molar-refractivity contribution in [2.75, 3.05) is 6.54 Å². The van der Waals surface area contributed by atoms with Crippen molar-refractivity contribution < 1.29 is 14.0 Å². The molecule has 0 spiro atoms. The van der Waals surface area contributed by atoms with Gasteiger partial charge in [-0.3, -0.25) is 9.59 Å². The van der Waals surface area contributed by atoms with Crippen molar-refractivity contribution in [3.8, 4) is 0 Å². The van der Waals surface area contributed by atoms with E-state index in [1.807, 2.05) is 0 Å². The minimum absolute atomic E-state index is 0.136. The Bertz CT molecular complexity index is 717. The molecule has 2 aromatic carbocycles. The molecule has 0 unspecified atom stereocenters. The van der Waals surface area contributed by atoms with Gasteiger partial charge in [0, 0.05) is 16.6 Å². The largest absolute Gasteiger partial charge is 0.350 e.